The second-order valence-electron chi connectivity index (χ2n) is 4.27. The van der Waals surface area contributed by atoms with Crippen molar-refractivity contribution < 1.29 is 4.74 Å². The van der Waals surface area contributed by atoms with Crippen LogP contribution in [0, 0.1) is 0 Å². The van der Waals surface area contributed by atoms with Gasteiger partial charge in [-0.3, -0.25) is 0 Å². The molecule has 0 saturated heterocycles. The van der Waals surface area contributed by atoms with E-state index in [0.29, 0.717) is 0 Å². The van der Waals surface area contributed by atoms with Crippen LogP contribution in [0.15, 0.2) is 11.6 Å². The molecule has 0 spiro atoms. The van der Waals surface area contributed by atoms with Gasteiger partial charge in [-0.25, -0.2) is 0 Å². The molecule has 0 saturated carbocycles. The van der Waals surface area contributed by atoms with E-state index in [-0.39, 0.29) is 24.0 Å². The smallest absolute Gasteiger partial charge is 0.0675 e. The van der Waals surface area contributed by atoms with Crippen molar-refractivity contribution in [3.05, 3.63) is 11.6 Å². The summed E-state index contributed by atoms with van der Waals surface area (Å²) in [5, 5.41) is 2.17. The van der Waals surface area contributed by atoms with Crippen molar-refractivity contribution in [1.82, 2.24) is 4.90 Å². The molecule has 102 valence electrons. The van der Waals surface area contributed by atoms with Gasteiger partial charge in [-0.1, -0.05) is 26.2 Å². The third-order valence-electron chi connectivity index (χ3n) is 2.73. The predicted molar refractivity (Wildman–Crippen MR) is 87.9 cm³/mol. The number of unbranched alkanes of at least 4 members (excludes halogenated alkanes) is 4. The third kappa shape index (κ3) is 10.2. The van der Waals surface area contributed by atoms with Gasteiger partial charge in [0.15, 0.2) is 0 Å². The molecule has 0 fully saturated rings. The Morgan fingerprint density at radius 1 is 1.12 bits per heavy atom. The summed E-state index contributed by atoms with van der Waals surface area (Å²) in [7, 11) is 0. The van der Waals surface area contributed by atoms with Crippen molar-refractivity contribution in [3.8, 4) is 0 Å². The Morgan fingerprint density at radius 3 is 2.53 bits per heavy atom. The van der Waals surface area contributed by atoms with Crippen LogP contribution in [-0.2, 0) is 4.74 Å². The molecule has 0 N–H and O–H groups in total. The Kier molecular flexibility index (Phi) is 13.5. The van der Waals surface area contributed by atoms with Crippen LogP contribution in [0.25, 0.3) is 0 Å². The normalized spacial score (nSPS) is 14.1. The number of thioether (sulfide) groups is 1. The van der Waals surface area contributed by atoms with Crippen LogP contribution in [0.2, 0.25) is 0 Å². The second kappa shape index (κ2) is 13.0. The summed E-state index contributed by atoms with van der Waals surface area (Å²) in [6.45, 7) is 5.32. The fourth-order valence-corrected chi connectivity index (χ4v) is 2.45. The van der Waals surface area contributed by atoms with E-state index >= 15 is 0 Å². The summed E-state index contributed by atoms with van der Waals surface area (Å²) < 4.78 is 5.60. The van der Waals surface area contributed by atoms with Crippen molar-refractivity contribution in [2.24, 2.45) is 0 Å². The van der Waals surface area contributed by atoms with Crippen LogP contribution in [0.1, 0.15) is 45.4 Å². The molecule has 1 aliphatic rings. The van der Waals surface area contributed by atoms with E-state index in [9.17, 15) is 0 Å². The van der Waals surface area contributed by atoms with E-state index < -0.39 is 0 Å². The lowest BCUT2D eigenvalue weighted by molar-refractivity contribution is 0.125. The maximum atomic E-state index is 5.60. The highest BCUT2D eigenvalue weighted by Gasteiger charge is 2.02. The third-order valence-corrected chi connectivity index (χ3v) is 3.53. The van der Waals surface area contributed by atoms with E-state index in [1.807, 2.05) is 11.8 Å². The molecule has 1 rings (SSSR count). The molecule has 1 aliphatic heterocycles. The molecular weight excluding hydrogens is 345 g/mol. The van der Waals surface area contributed by atoms with Crippen LogP contribution in [0.3, 0.4) is 0 Å². The summed E-state index contributed by atoms with van der Waals surface area (Å²) in [6.07, 6.45) is 9.86. The number of ether oxygens (including phenoxy) is 1. The average molecular weight is 371 g/mol. The average Bonchev–Trinajstić information content (AvgIpc) is 2.80. The molecule has 0 amide bonds. The first-order valence-corrected chi connectivity index (χ1v) is 7.58. The molecule has 0 bridgehead atoms. The molecule has 0 atom stereocenters. The number of hydrogen-bond acceptors (Lipinski definition) is 3. The van der Waals surface area contributed by atoms with E-state index in [2.05, 4.69) is 23.4 Å². The highest BCUT2D eigenvalue weighted by Crippen LogP contribution is 2.15. The van der Waals surface area contributed by atoms with Crippen LogP contribution in [0.4, 0.5) is 0 Å². The monoisotopic (exact) mass is 371 g/mol. The maximum Gasteiger partial charge on any atom is 0.0675 e. The Labute approximate surface area is 128 Å². The molecular formula is C13H26INOS. The highest BCUT2D eigenvalue weighted by atomic mass is 127. The zero-order chi connectivity index (χ0) is 11.5. The minimum atomic E-state index is 0. The number of hydrogen-bond donors (Lipinski definition) is 0. The van der Waals surface area contributed by atoms with Gasteiger partial charge < -0.3 is 9.64 Å². The van der Waals surface area contributed by atoms with Gasteiger partial charge >= 0.3 is 0 Å². The molecule has 0 aromatic heterocycles. The lowest BCUT2D eigenvalue weighted by Gasteiger charge is -2.13. The number of halogens is 1. The number of nitrogens with zero attached hydrogens (tertiary/aromatic N) is 1. The Balaban J connectivity index is 0.00000256. The topological polar surface area (TPSA) is 12.5 Å². The van der Waals surface area contributed by atoms with E-state index in [4.69, 9.17) is 4.74 Å². The SMILES string of the molecule is CCCCCCOCCCCN1C=CSC1.I. The largest absolute Gasteiger partial charge is 0.381 e. The highest BCUT2D eigenvalue weighted by molar-refractivity contribution is 14.0. The fourth-order valence-electron chi connectivity index (χ4n) is 1.70. The van der Waals surface area contributed by atoms with E-state index in [1.165, 1.54) is 45.1 Å². The van der Waals surface area contributed by atoms with Crippen molar-refractivity contribution in [3.63, 3.8) is 0 Å². The predicted octanol–water partition coefficient (Wildman–Crippen LogP) is 4.46. The molecule has 4 heteroatoms. The fraction of sp³-hybridized carbons (Fsp3) is 0.846. The van der Waals surface area contributed by atoms with E-state index in [1.54, 1.807) is 0 Å². The van der Waals surface area contributed by atoms with Crippen LogP contribution >= 0.6 is 35.7 Å². The van der Waals surface area contributed by atoms with Crippen molar-refractivity contribution >= 4 is 35.7 Å². The molecule has 2 nitrogen and oxygen atoms in total. The van der Waals surface area contributed by atoms with Gasteiger partial charge in [0.2, 0.25) is 0 Å². The van der Waals surface area contributed by atoms with Crippen molar-refractivity contribution in [1.29, 1.82) is 0 Å². The maximum absolute atomic E-state index is 5.60. The molecule has 0 unspecified atom stereocenters. The summed E-state index contributed by atoms with van der Waals surface area (Å²) in [4.78, 5) is 2.37. The van der Waals surface area contributed by atoms with E-state index in [0.717, 1.165) is 19.1 Å². The number of rotatable bonds is 10. The lowest BCUT2D eigenvalue weighted by Crippen LogP contribution is -2.15. The Bertz CT molecular complexity index is 190. The molecule has 0 radical (unpaired) electrons. The van der Waals surface area contributed by atoms with Gasteiger partial charge in [0.05, 0.1) is 5.88 Å². The standard InChI is InChI=1S/C13H25NOS.HI/c1-2-3-4-6-10-15-11-7-5-8-14-9-12-16-13-14;/h9,12H,2-8,10-11,13H2,1H3;1H. The first-order valence-electron chi connectivity index (χ1n) is 6.53. The van der Waals surface area contributed by atoms with Crippen LogP contribution in [0.5, 0.6) is 0 Å². The van der Waals surface area contributed by atoms with Gasteiger partial charge in [-0.2, -0.15) is 0 Å². The van der Waals surface area contributed by atoms with Crippen molar-refractivity contribution in [2.75, 3.05) is 25.6 Å². The zero-order valence-electron chi connectivity index (χ0n) is 10.9. The molecule has 17 heavy (non-hydrogen) atoms. The molecule has 0 aromatic rings. The van der Waals surface area contributed by atoms with Gasteiger partial charge in [0, 0.05) is 26.0 Å². The van der Waals surface area contributed by atoms with Crippen LogP contribution in [-0.4, -0.2) is 30.5 Å². The van der Waals surface area contributed by atoms with Gasteiger partial charge in [-0.15, -0.1) is 35.7 Å². The summed E-state index contributed by atoms with van der Waals surface area (Å²) in [5.41, 5.74) is 0. The Morgan fingerprint density at radius 2 is 1.88 bits per heavy atom. The van der Waals surface area contributed by atoms with Gasteiger partial charge in [0.1, 0.15) is 0 Å². The first kappa shape index (κ1) is 17.6. The molecule has 1 heterocycles. The quantitative estimate of drug-likeness (QED) is 0.416. The minimum absolute atomic E-state index is 0. The van der Waals surface area contributed by atoms with Gasteiger partial charge in [0.25, 0.3) is 0 Å². The molecule has 0 aliphatic carbocycles. The Hall–Kier alpha value is 0.580. The lowest BCUT2D eigenvalue weighted by atomic mass is 10.2. The van der Waals surface area contributed by atoms with Gasteiger partial charge in [-0.05, 0) is 24.7 Å². The van der Waals surface area contributed by atoms with Crippen LogP contribution < -0.4 is 0 Å². The first-order chi connectivity index (χ1) is 7.93. The van der Waals surface area contributed by atoms with Crippen molar-refractivity contribution in [2.45, 2.75) is 45.4 Å². The molecule has 0 aromatic carbocycles. The summed E-state index contributed by atoms with van der Waals surface area (Å²) in [5.74, 6) is 1.14. The minimum Gasteiger partial charge on any atom is -0.381 e. The second-order valence-corrected chi connectivity index (χ2v) is 5.14. The summed E-state index contributed by atoms with van der Waals surface area (Å²) >= 11 is 1.88. The zero-order valence-corrected chi connectivity index (χ0v) is 14.0. The summed E-state index contributed by atoms with van der Waals surface area (Å²) in [6, 6.07) is 0.